The van der Waals surface area contributed by atoms with Crippen LogP contribution in [0.5, 0.6) is 0 Å². The van der Waals surface area contributed by atoms with Gasteiger partial charge in [-0.15, -0.1) is 0 Å². The Kier molecular flexibility index (Phi) is 5.47. The van der Waals surface area contributed by atoms with E-state index in [4.69, 9.17) is 0 Å². The SMILES string of the molecule is CCn1cc(-c2c(-c3ccccc3)ncn2CCNC(=O)c2cccnc2)cn1. The number of nitrogens with one attached hydrogen (secondary N) is 1. The number of aromatic nitrogens is 5. The van der Waals surface area contributed by atoms with Gasteiger partial charge in [0, 0.05) is 49.4 Å². The first-order chi connectivity index (χ1) is 14.3. The molecule has 0 unspecified atom stereocenters. The van der Waals surface area contributed by atoms with Crippen molar-refractivity contribution in [2.75, 3.05) is 6.54 Å². The van der Waals surface area contributed by atoms with Crippen LogP contribution in [0.1, 0.15) is 17.3 Å². The standard InChI is InChI=1S/C22H22N6O/c1-2-28-15-19(14-26-28)21-20(17-7-4-3-5-8-17)25-16-27(21)12-11-24-22(29)18-9-6-10-23-13-18/h3-10,13-16H,2,11-12H2,1H3,(H,24,29). The van der Waals surface area contributed by atoms with Gasteiger partial charge in [-0.05, 0) is 19.1 Å². The fourth-order valence-corrected chi connectivity index (χ4v) is 3.21. The number of amides is 1. The van der Waals surface area contributed by atoms with Crippen LogP contribution in [0.2, 0.25) is 0 Å². The maximum absolute atomic E-state index is 12.3. The van der Waals surface area contributed by atoms with Gasteiger partial charge in [-0.2, -0.15) is 5.10 Å². The zero-order valence-electron chi connectivity index (χ0n) is 16.2. The highest BCUT2D eigenvalue weighted by atomic mass is 16.1. The lowest BCUT2D eigenvalue weighted by atomic mass is 10.1. The highest BCUT2D eigenvalue weighted by Gasteiger charge is 2.16. The summed E-state index contributed by atoms with van der Waals surface area (Å²) in [4.78, 5) is 20.9. The second-order valence-corrected chi connectivity index (χ2v) is 6.58. The van der Waals surface area contributed by atoms with E-state index in [1.165, 1.54) is 0 Å². The van der Waals surface area contributed by atoms with E-state index >= 15 is 0 Å². The minimum Gasteiger partial charge on any atom is -0.350 e. The minimum atomic E-state index is -0.137. The van der Waals surface area contributed by atoms with Crippen LogP contribution in [-0.4, -0.2) is 36.8 Å². The van der Waals surface area contributed by atoms with Gasteiger partial charge in [-0.25, -0.2) is 4.98 Å². The van der Waals surface area contributed by atoms with E-state index in [-0.39, 0.29) is 5.91 Å². The van der Waals surface area contributed by atoms with Gasteiger partial charge >= 0.3 is 0 Å². The molecular weight excluding hydrogens is 364 g/mol. The molecule has 1 N–H and O–H groups in total. The first-order valence-corrected chi connectivity index (χ1v) is 9.58. The largest absolute Gasteiger partial charge is 0.350 e. The van der Waals surface area contributed by atoms with Crippen LogP contribution >= 0.6 is 0 Å². The van der Waals surface area contributed by atoms with Gasteiger partial charge in [0.1, 0.15) is 0 Å². The van der Waals surface area contributed by atoms with Crippen molar-refractivity contribution in [1.82, 2.24) is 29.6 Å². The van der Waals surface area contributed by atoms with Crippen molar-refractivity contribution in [3.05, 3.63) is 79.1 Å². The molecule has 4 rings (SSSR count). The average molecular weight is 386 g/mol. The third-order valence-corrected chi connectivity index (χ3v) is 4.68. The molecule has 0 aliphatic carbocycles. The smallest absolute Gasteiger partial charge is 0.252 e. The van der Waals surface area contributed by atoms with E-state index in [1.54, 1.807) is 24.5 Å². The summed E-state index contributed by atoms with van der Waals surface area (Å²) < 4.78 is 3.95. The van der Waals surface area contributed by atoms with Crippen LogP contribution in [0, 0.1) is 0 Å². The topological polar surface area (TPSA) is 77.6 Å². The van der Waals surface area contributed by atoms with Crippen LogP contribution in [0.15, 0.2) is 73.6 Å². The molecule has 0 fully saturated rings. The van der Waals surface area contributed by atoms with E-state index < -0.39 is 0 Å². The Morgan fingerprint density at radius 3 is 2.66 bits per heavy atom. The summed E-state index contributed by atoms with van der Waals surface area (Å²) in [5.74, 6) is -0.137. The maximum atomic E-state index is 12.3. The van der Waals surface area contributed by atoms with Gasteiger partial charge in [0.05, 0.1) is 29.5 Å². The zero-order valence-corrected chi connectivity index (χ0v) is 16.2. The Balaban J connectivity index is 1.58. The molecule has 29 heavy (non-hydrogen) atoms. The monoisotopic (exact) mass is 386 g/mol. The van der Waals surface area contributed by atoms with Gasteiger partial charge in [-0.1, -0.05) is 30.3 Å². The van der Waals surface area contributed by atoms with Crippen LogP contribution < -0.4 is 5.32 Å². The number of imidazole rings is 1. The molecule has 3 heterocycles. The quantitative estimate of drug-likeness (QED) is 0.529. The van der Waals surface area contributed by atoms with E-state index in [0.717, 1.165) is 29.1 Å². The maximum Gasteiger partial charge on any atom is 0.252 e. The van der Waals surface area contributed by atoms with Crippen molar-refractivity contribution in [3.8, 4) is 22.5 Å². The minimum absolute atomic E-state index is 0.137. The van der Waals surface area contributed by atoms with Crippen molar-refractivity contribution < 1.29 is 4.79 Å². The van der Waals surface area contributed by atoms with Crippen LogP contribution in [-0.2, 0) is 13.1 Å². The summed E-state index contributed by atoms with van der Waals surface area (Å²) in [6.45, 7) is 3.93. The summed E-state index contributed by atoms with van der Waals surface area (Å²) in [6.07, 6.45) is 8.91. The van der Waals surface area contributed by atoms with Gasteiger partial charge < -0.3 is 9.88 Å². The normalized spacial score (nSPS) is 10.8. The molecule has 7 nitrogen and oxygen atoms in total. The molecule has 3 aromatic heterocycles. The molecule has 0 spiro atoms. The summed E-state index contributed by atoms with van der Waals surface area (Å²) in [7, 11) is 0. The Hall–Kier alpha value is -3.74. The first-order valence-electron chi connectivity index (χ1n) is 9.58. The molecule has 0 saturated carbocycles. The number of carbonyl (C=O) groups is 1. The van der Waals surface area contributed by atoms with Crippen molar-refractivity contribution in [1.29, 1.82) is 0 Å². The molecule has 0 atom stereocenters. The number of nitrogens with zero attached hydrogens (tertiary/aromatic N) is 5. The molecule has 0 bridgehead atoms. The van der Waals surface area contributed by atoms with Gasteiger partial charge in [0.25, 0.3) is 5.91 Å². The lowest BCUT2D eigenvalue weighted by molar-refractivity contribution is 0.0952. The summed E-state index contributed by atoms with van der Waals surface area (Å²) in [5.41, 5.74) is 4.49. The molecule has 0 aliphatic heterocycles. The average Bonchev–Trinajstić information content (AvgIpc) is 3.41. The number of aryl methyl sites for hydroxylation is 1. The number of rotatable bonds is 7. The highest BCUT2D eigenvalue weighted by molar-refractivity contribution is 5.93. The molecule has 0 radical (unpaired) electrons. The number of hydrogen-bond donors (Lipinski definition) is 1. The molecule has 0 saturated heterocycles. The molecule has 4 aromatic rings. The lowest BCUT2D eigenvalue weighted by Crippen LogP contribution is -2.27. The van der Waals surface area contributed by atoms with Crippen molar-refractivity contribution in [3.63, 3.8) is 0 Å². The summed E-state index contributed by atoms with van der Waals surface area (Å²) in [5, 5.41) is 7.36. The Bertz CT molecular complexity index is 1080. The van der Waals surface area contributed by atoms with Gasteiger partial charge in [-0.3, -0.25) is 14.5 Å². The third kappa shape index (κ3) is 4.08. The van der Waals surface area contributed by atoms with Crippen molar-refractivity contribution in [2.24, 2.45) is 0 Å². The van der Waals surface area contributed by atoms with Crippen LogP contribution in [0.3, 0.4) is 0 Å². The van der Waals surface area contributed by atoms with E-state index in [2.05, 4.69) is 31.9 Å². The molecule has 146 valence electrons. The number of carbonyl (C=O) groups excluding carboxylic acids is 1. The number of pyridine rings is 1. The predicted octanol–water partition coefficient (Wildman–Crippen LogP) is 3.26. The fraction of sp³-hybridized carbons (Fsp3) is 0.182. The summed E-state index contributed by atoms with van der Waals surface area (Å²) in [6, 6.07) is 13.6. The van der Waals surface area contributed by atoms with Gasteiger partial charge in [0.15, 0.2) is 0 Å². The van der Waals surface area contributed by atoms with E-state index in [9.17, 15) is 4.79 Å². The van der Waals surface area contributed by atoms with E-state index in [0.29, 0.717) is 18.7 Å². The fourth-order valence-electron chi connectivity index (χ4n) is 3.21. The molecule has 1 aromatic carbocycles. The second kappa shape index (κ2) is 8.52. The van der Waals surface area contributed by atoms with E-state index in [1.807, 2.05) is 53.7 Å². The Morgan fingerprint density at radius 2 is 1.93 bits per heavy atom. The van der Waals surface area contributed by atoms with Crippen molar-refractivity contribution in [2.45, 2.75) is 20.0 Å². The van der Waals surface area contributed by atoms with Crippen LogP contribution in [0.25, 0.3) is 22.5 Å². The third-order valence-electron chi connectivity index (χ3n) is 4.68. The molecule has 7 heteroatoms. The molecular formula is C22H22N6O. The zero-order chi connectivity index (χ0) is 20.1. The van der Waals surface area contributed by atoms with Crippen molar-refractivity contribution >= 4 is 5.91 Å². The van der Waals surface area contributed by atoms with Gasteiger partial charge in [0.2, 0.25) is 0 Å². The second-order valence-electron chi connectivity index (χ2n) is 6.58. The highest BCUT2D eigenvalue weighted by Crippen LogP contribution is 2.30. The number of benzene rings is 1. The Labute approximate surface area is 169 Å². The lowest BCUT2D eigenvalue weighted by Gasteiger charge is -2.10. The Morgan fingerprint density at radius 1 is 1.07 bits per heavy atom. The summed E-state index contributed by atoms with van der Waals surface area (Å²) >= 11 is 0. The molecule has 1 amide bonds. The number of hydrogen-bond acceptors (Lipinski definition) is 4. The molecule has 0 aliphatic rings. The van der Waals surface area contributed by atoms with Crippen LogP contribution in [0.4, 0.5) is 0 Å². The first kappa shape index (κ1) is 18.6. The predicted molar refractivity (Wildman–Crippen MR) is 111 cm³/mol.